The lowest BCUT2D eigenvalue weighted by Crippen LogP contribution is -2.35. The molecule has 62 valence electrons. The molecule has 0 aromatic rings. The van der Waals surface area contributed by atoms with Crippen molar-refractivity contribution in [2.75, 3.05) is 0 Å². The zero-order valence-electron chi connectivity index (χ0n) is 7.22. The van der Waals surface area contributed by atoms with Crippen LogP contribution in [0.4, 0.5) is 0 Å². The largest absolute Gasteiger partial charge is 0.388 e. The Morgan fingerprint density at radius 3 is 2.64 bits per heavy atom. The molecule has 1 rings (SSSR count). The van der Waals surface area contributed by atoms with Gasteiger partial charge in [0.25, 0.3) is 0 Å². The average Bonchev–Trinajstić information content (AvgIpc) is 1.81. The van der Waals surface area contributed by atoms with Crippen LogP contribution in [0.15, 0.2) is 11.6 Å². The Morgan fingerprint density at radius 1 is 1.64 bits per heavy atom. The van der Waals surface area contributed by atoms with Crippen LogP contribution >= 0.6 is 0 Å². The molecular formula is C9H14O2. The van der Waals surface area contributed by atoms with Gasteiger partial charge in [-0.05, 0) is 18.6 Å². The molecule has 0 spiro atoms. The standard InChI is InChI=1S/C9H14O2/c1-6-4-7(10)5-9(2,3)8(6)11/h4,8,11H,5H2,1-3H3/t8-/m1/s1. The third kappa shape index (κ3) is 1.51. The first-order valence-electron chi connectivity index (χ1n) is 3.82. The summed E-state index contributed by atoms with van der Waals surface area (Å²) < 4.78 is 0. The molecule has 0 saturated carbocycles. The molecule has 0 aromatic heterocycles. The number of carbonyl (C=O) groups is 1. The third-order valence-electron chi connectivity index (χ3n) is 2.19. The van der Waals surface area contributed by atoms with Crippen molar-refractivity contribution < 1.29 is 9.90 Å². The minimum atomic E-state index is -0.458. The second kappa shape index (κ2) is 2.45. The molecule has 0 saturated heterocycles. The molecular weight excluding hydrogens is 140 g/mol. The van der Waals surface area contributed by atoms with Crippen molar-refractivity contribution in [1.29, 1.82) is 0 Å². The van der Waals surface area contributed by atoms with E-state index in [-0.39, 0.29) is 11.2 Å². The highest BCUT2D eigenvalue weighted by Gasteiger charge is 2.34. The van der Waals surface area contributed by atoms with Gasteiger partial charge in [-0.25, -0.2) is 0 Å². The number of hydrogen-bond acceptors (Lipinski definition) is 2. The number of allylic oxidation sites excluding steroid dienone is 1. The van der Waals surface area contributed by atoms with Crippen LogP contribution in [0.1, 0.15) is 27.2 Å². The lowest BCUT2D eigenvalue weighted by atomic mass is 9.75. The summed E-state index contributed by atoms with van der Waals surface area (Å²) in [4.78, 5) is 11.0. The molecule has 0 aromatic carbocycles. The summed E-state index contributed by atoms with van der Waals surface area (Å²) in [7, 11) is 0. The summed E-state index contributed by atoms with van der Waals surface area (Å²) in [6.45, 7) is 5.61. The molecule has 1 N–H and O–H groups in total. The molecule has 1 aliphatic carbocycles. The lowest BCUT2D eigenvalue weighted by Gasteiger charge is -2.33. The number of aliphatic hydroxyl groups excluding tert-OH is 1. The highest BCUT2D eigenvalue weighted by molar-refractivity contribution is 5.92. The van der Waals surface area contributed by atoms with Crippen molar-refractivity contribution in [2.24, 2.45) is 5.41 Å². The number of rotatable bonds is 0. The van der Waals surface area contributed by atoms with E-state index in [1.54, 1.807) is 6.92 Å². The van der Waals surface area contributed by atoms with E-state index >= 15 is 0 Å². The van der Waals surface area contributed by atoms with Crippen molar-refractivity contribution in [3.05, 3.63) is 11.6 Å². The zero-order valence-corrected chi connectivity index (χ0v) is 7.22. The molecule has 0 bridgehead atoms. The van der Waals surface area contributed by atoms with Crippen molar-refractivity contribution >= 4 is 5.78 Å². The topological polar surface area (TPSA) is 37.3 Å². The average molecular weight is 154 g/mol. The van der Waals surface area contributed by atoms with Gasteiger partial charge in [-0.2, -0.15) is 0 Å². The molecule has 0 fully saturated rings. The van der Waals surface area contributed by atoms with Crippen LogP contribution in [-0.2, 0) is 4.79 Å². The summed E-state index contributed by atoms with van der Waals surface area (Å²) in [5.74, 6) is 0.123. The summed E-state index contributed by atoms with van der Waals surface area (Å²) in [5, 5.41) is 9.60. The van der Waals surface area contributed by atoms with Gasteiger partial charge in [0.2, 0.25) is 0 Å². The smallest absolute Gasteiger partial charge is 0.156 e. The Bertz CT molecular complexity index is 214. The second-order valence-electron chi connectivity index (χ2n) is 3.92. The van der Waals surface area contributed by atoms with Crippen LogP contribution in [0.25, 0.3) is 0 Å². The summed E-state index contributed by atoms with van der Waals surface area (Å²) in [6, 6.07) is 0. The molecule has 1 atom stereocenters. The summed E-state index contributed by atoms with van der Waals surface area (Å²) in [6.07, 6.45) is 1.53. The highest BCUT2D eigenvalue weighted by Crippen LogP contribution is 2.33. The van der Waals surface area contributed by atoms with Crippen molar-refractivity contribution in [1.82, 2.24) is 0 Å². The minimum Gasteiger partial charge on any atom is -0.388 e. The van der Waals surface area contributed by atoms with E-state index < -0.39 is 6.10 Å². The van der Waals surface area contributed by atoms with Crippen molar-refractivity contribution in [2.45, 2.75) is 33.3 Å². The first-order chi connectivity index (χ1) is 4.93. The fraction of sp³-hybridized carbons (Fsp3) is 0.667. The van der Waals surface area contributed by atoms with E-state index in [0.29, 0.717) is 6.42 Å². The van der Waals surface area contributed by atoms with E-state index in [1.165, 1.54) is 6.08 Å². The molecule has 2 heteroatoms. The van der Waals surface area contributed by atoms with Crippen LogP contribution in [0, 0.1) is 5.41 Å². The van der Waals surface area contributed by atoms with Crippen molar-refractivity contribution in [3.63, 3.8) is 0 Å². The Balaban J connectivity index is 2.95. The van der Waals surface area contributed by atoms with Gasteiger partial charge in [-0.15, -0.1) is 0 Å². The molecule has 0 aliphatic heterocycles. The van der Waals surface area contributed by atoms with Gasteiger partial charge in [0.05, 0.1) is 6.10 Å². The number of aliphatic hydroxyl groups is 1. The first-order valence-corrected chi connectivity index (χ1v) is 3.82. The van der Waals surface area contributed by atoms with Gasteiger partial charge in [-0.1, -0.05) is 13.8 Å². The minimum absolute atomic E-state index is 0.123. The van der Waals surface area contributed by atoms with E-state index in [4.69, 9.17) is 0 Å². The predicted octanol–water partition coefficient (Wildman–Crippen LogP) is 1.29. The zero-order chi connectivity index (χ0) is 8.65. The number of hydrogen-bond donors (Lipinski definition) is 1. The monoisotopic (exact) mass is 154 g/mol. The van der Waals surface area contributed by atoms with Gasteiger partial charge < -0.3 is 5.11 Å². The van der Waals surface area contributed by atoms with E-state index in [9.17, 15) is 9.90 Å². The molecule has 2 nitrogen and oxygen atoms in total. The highest BCUT2D eigenvalue weighted by atomic mass is 16.3. The Hall–Kier alpha value is -0.630. The maximum atomic E-state index is 11.0. The third-order valence-corrected chi connectivity index (χ3v) is 2.19. The van der Waals surface area contributed by atoms with Gasteiger partial charge in [-0.3, -0.25) is 4.79 Å². The summed E-state index contributed by atoms with van der Waals surface area (Å²) in [5.41, 5.74) is 0.502. The van der Waals surface area contributed by atoms with Crippen LogP contribution in [0.5, 0.6) is 0 Å². The predicted molar refractivity (Wildman–Crippen MR) is 43.2 cm³/mol. The molecule has 0 unspecified atom stereocenters. The molecule has 1 aliphatic rings. The lowest BCUT2D eigenvalue weighted by molar-refractivity contribution is -0.119. The van der Waals surface area contributed by atoms with Gasteiger partial charge in [0.1, 0.15) is 0 Å². The van der Waals surface area contributed by atoms with Gasteiger partial charge in [0.15, 0.2) is 5.78 Å². The Morgan fingerprint density at radius 2 is 2.18 bits per heavy atom. The molecule has 0 radical (unpaired) electrons. The van der Waals surface area contributed by atoms with Gasteiger partial charge >= 0.3 is 0 Å². The normalized spacial score (nSPS) is 30.0. The van der Waals surface area contributed by atoms with E-state index in [0.717, 1.165) is 5.57 Å². The van der Waals surface area contributed by atoms with Crippen LogP contribution in [0.2, 0.25) is 0 Å². The van der Waals surface area contributed by atoms with Crippen LogP contribution in [-0.4, -0.2) is 17.0 Å². The van der Waals surface area contributed by atoms with Gasteiger partial charge in [0, 0.05) is 11.8 Å². The Kier molecular flexibility index (Phi) is 1.89. The molecule has 0 heterocycles. The van der Waals surface area contributed by atoms with E-state index in [2.05, 4.69) is 0 Å². The Labute approximate surface area is 66.9 Å². The molecule has 11 heavy (non-hydrogen) atoms. The first kappa shape index (κ1) is 8.47. The van der Waals surface area contributed by atoms with Crippen LogP contribution < -0.4 is 0 Å². The maximum absolute atomic E-state index is 11.0. The number of ketones is 1. The van der Waals surface area contributed by atoms with Crippen LogP contribution in [0.3, 0.4) is 0 Å². The second-order valence-corrected chi connectivity index (χ2v) is 3.92. The maximum Gasteiger partial charge on any atom is 0.156 e. The molecule has 0 amide bonds. The number of carbonyl (C=O) groups excluding carboxylic acids is 1. The summed E-state index contributed by atoms with van der Waals surface area (Å²) >= 11 is 0. The fourth-order valence-electron chi connectivity index (χ4n) is 1.55. The fourth-order valence-corrected chi connectivity index (χ4v) is 1.55. The quantitative estimate of drug-likeness (QED) is 0.571. The van der Waals surface area contributed by atoms with E-state index in [1.807, 2.05) is 13.8 Å². The van der Waals surface area contributed by atoms with Crippen molar-refractivity contribution in [3.8, 4) is 0 Å². The SMILES string of the molecule is CC1=CC(=O)CC(C)(C)[C@@H]1O.